The quantitative estimate of drug-likeness (QED) is 0.499. The summed E-state index contributed by atoms with van der Waals surface area (Å²) in [7, 11) is 0. The van der Waals surface area contributed by atoms with Gasteiger partial charge in [-0.2, -0.15) is 0 Å². The van der Waals surface area contributed by atoms with E-state index in [1.165, 1.54) is 25.3 Å². The lowest BCUT2D eigenvalue weighted by molar-refractivity contribution is -0.384. The fourth-order valence-electron chi connectivity index (χ4n) is 2.61. The van der Waals surface area contributed by atoms with E-state index in [2.05, 4.69) is 12.2 Å². The molecule has 104 valence electrons. The van der Waals surface area contributed by atoms with Gasteiger partial charge in [0, 0.05) is 17.8 Å². The van der Waals surface area contributed by atoms with Crippen LogP contribution in [0.1, 0.15) is 39.0 Å². The maximum atomic E-state index is 10.9. The number of halogens is 1. The summed E-state index contributed by atoms with van der Waals surface area (Å²) in [5.74, 6) is 0.784. The van der Waals surface area contributed by atoms with E-state index in [9.17, 15) is 10.1 Å². The van der Waals surface area contributed by atoms with Crippen LogP contribution in [0.25, 0.3) is 0 Å². The SMILES string of the molecule is CC1CCCC(Nc2ccc(Cl)c([N+](=O)[O-])c2)CC1. The largest absolute Gasteiger partial charge is 0.382 e. The first kappa shape index (κ1) is 14.1. The number of benzene rings is 1. The first-order valence-corrected chi connectivity index (χ1v) is 7.14. The van der Waals surface area contributed by atoms with Gasteiger partial charge in [-0.25, -0.2) is 0 Å². The average Bonchev–Trinajstić information content (AvgIpc) is 2.56. The van der Waals surface area contributed by atoms with Crippen molar-refractivity contribution in [3.63, 3.8) is 0 Å². The Morgan fingerprint density at radius 3 is 2.84 bits per heavy atom. The molecule has 0 aromatic heterocycles. The minimum absolute atomic E-state index is 0.0337. The highest BCUT2D eigenvalue weighted by Crippen LogP contribution is 2.30. The number of nitro groups is 1. The molecule has 0 spiro atoms. The predicted molar refractivity (Wildman–Crippen MR) is 77.8 cm³/mol. The molecule has 4 nitrogen and oxygen atoms in total. The summed E-state index contributed by atoms with van der Waals surface area (Å²) >= 11 is 5.81. The van der Waals surface area contributed by atoms with E-state index >= 15 is 0 Å². The van der Waals surface area contributed by atoms with Crippen LogP contribution < -0.4 is 5.32 Å². The number of hydrogen-bond donors (Lipinski definition) is 1. The summed E-state index contributed by atoms with van der Waals surface area (Å²) in [6.45, 7) is 2.29. The molecule has 19 heavy (non-hydrogen) atoms. The van der Waals surface area contributed by atoms with E-state index in [0.29, 0.717) is 6.04 Å². The summed E-state index contributed by atoms with van der Waals surface area (Å²) in [5, 5.41) is 14.4. The Labute approximate surface area is 118 Å². The Morgan fingerprint density at radius 2 is 2.11 bits per heavy atom. The molecule has 0 amide bonds. The lowest BCUT2D eigenvalue weighted by Gasteiger charge is -2.17. The van der Waals surface area contributed by atoms with Crippen molar-refractivity contribution < 1.29 is 4.92 Å². The fourth-order valence-corrected chi connectivity index (χ4v) is 2.80. The van der Waals surface area contributed by atoms with Crippen LogP contribution in [0.5, 0.6) is 0 Å². The van der Waals surface area contributed by atoms with Crippen molar-refractivity contribution in [2.75, 3.05) is 5.32 Å². The average molecular weight is 283 g/mol. The molecule has 0 bridgehead atoms. The molecular weight excluding hydrogens is 264 g/mol. The second-order valence-electron chi connectivity index (χ2n) is 5.38. The third-order valence-electron chi connectivity index (χ3n) is 3.77. The topological polar surface area (TPSA) is 55.2 Å². The first-order chi connectivity index (χ1) is 9.06. The van der Waals surface area contributed by atoms with E-state index in [-0.39, 0.29) is 10.7 Å². The highest BCUT2D eigenvalue weighted by Gasteiger charge is 2.18. The monoisotopic (exact) mass is 282 g/mol. The minimum atomic E-state index is -0.442. The number of nitrogens with zero attached hydrogens (tertiary/aromatic N) is 1. The van der Waals surface area contributed by atoms with E-state index in [1.807, 2.05) is 6.07 Å². The summed E-state index contributed by atoms with van der Waals surface area (Å²) in [5.41, 5.74) is 0.754. The number of rotatable bonds is 3. The molecular formula is C14H19ClN2O2. The lowest BCUT2D eigenvalue weighted by atomic mass is 10.0. The van der Waals surface area contributed by atoms with Gasteiger partial charge in [0.05, 0.1) is 4.92 Å². The molecule has 0 radical (unpaired) electrons. The third kappa shape index (κ3) is 3.83. The molecule has 1 aromatic rings. The van der Waals surface area contributed by atoms with Gasteiger partial charge in [0.1, 0.15) is 5.02 Å². The Hall–Kier alpha value is -1.29. The molecule has 5 heteroatoms. The van der Waals surface area contributed by atoms with Gasteiger partial charge in [-0.1, -0.05) is 31.4 Å². The Morgan fingerprint density at radius 1 is 1.32 bits per heavy atom. The maximum absolute atomic E-state index is 10.9. The Kier molecular flexibility index (Phi) is 4.64. The van der Waals surface area contributed by atoms with Gasteiger partial charge >= 0.3 is 0 Å². The van der Waals surface area contributed by atoms with Gasteiger partial charge in [0.15, 0.2) is 0 Å². The summed E-state index contributed by atoms with van der Waals surface area (Å²) in [6, 6.07) is 5.33. The molecule has 1 aliphatic carbocycles. The van der Waals surface area contributed by atoms with Gasteiger partial charge in [-0.3, -0.25) is 10.1 Å². The van der Waals surface area contributed by atoms with Crippen LogP contribution >= 0.6 is 11.6 Å². The minimum Gasteiger partial charge on any atom is -0.382 e. The third-order valence-corrected chi connectivity index (χ3v) is 4.09. The van der Waals surface area contributed by atoms with Gasteiger partial charge < -0.3 is 5.32 Å². The molecule has 0 aliphatic heterocycles. The van der Waals surface area contributed by atoms with Crippen LogP contribution in [-0.4, -0.2) is 11.0 Å². The summed E-state index contributed by atoms with van der Waals surface area (Å²) < 4.78 is 0. The van der Waals surface area contributed by atoms with Crippen molar-refractivity contribution in [1.82, 2.24) is 0 Å². The van der Waals surface area contributed by atoms with Crippen molar-refractivity contribution in [2.45, 2.75) is 45.1 Å². The van der Waals surface area contributed by atoms with Crippen molar-refractivity contribution in [3.8, 4) is 0 Å². The van der Waals surface area contributed by atoms with E-state index in [4.69, 9.17) is 11.6 Å². The van der Waals surface area contributed by atoms with E-state index in [1.54, 1.807) is 6.07 Å². The smallest absolute Gasteiger partial charge is 0.289 e. The van der Waals surface area contributed by atoms with Crippen LogP contribution in [-0.2, 0) is 0 Å². The maximum Gasteiger partial charge on any atom is 0.289 e. The van der Waals surface area contributed by atoms with Gasteiger partial charge in [-0.05, 0) is 37.3 Å². The van der Waals surface area contributed by atoms with Crippen LogP contribution in [0, 0.1) is 16.0 Å². The first-order valence-electron chi connectivity index (χ1n) is 6.76. The zero-order chi connectivity index (χ0) is 13.8. The molecule has 1 N–H and O–H groups in total. The number of hydrogen-bond acceptors (Lipinski definition) is 3. The summed E-state index contributed by atoms with van der Waals surface area (Å²) in [4.78, 5) is 10.4. The highest BCUT2D eigenvalue weighted by atomic mass is 35.5. The fraction of sp³-hybridized carbons (Fsp3) is 0.571. The van der Waals surface area contributed by atoms with Crippen LogP contribution in [0.4, 0.5) is 11.4 Å². The van der Waals surface area contributed by atoms with Crippen LogP contribution in [0.2, 0.25) is 5.02 Å². The van der Waals surface area contributed by atoms with Crippen molar-refractivity contribution in [2.24, 2.45) is 5.92 Å². The lowest BCUT2D eigenvalue weighted by Crippen LogP contribution is -2.18. The van der Waals surface area contributed by atoms with Gasteiger partial charge in [0.25, 0.3) is 5.69 Å². The molecule has 0 heterocycles. The van der Waals surface area contributed by atoms with E-state index in [0.717, 1.165) is 24.4 Å². The van der Waals surface area contributed by atoms with Crippen molar-refractivity contribution in [3.05, 3.63) is 33.3 Å². The zero-order valence-corrected chi connectivity index (χ0v) is 11.8. The number of anilines is 1. The normalized spacial score (nSPS) is 23.7. The predicted octanol–water partition coefficient (Wildman–Crippen LogP) is 4.63. The van der Waals surface area contributed by atoms with Crippen molar-refractivity contribution >= 4 is 23.0 Å². The molecule has 2 atom stereocenters. The standard InChI is InChI=1S/C14H19ClN2O2/c1-10-3-2-4-11(6-5-10)16-12-7-8-13(15)14(9-12)17(18)19/h7-11,16H,2-6H2,1H3. The molecule has 1 aromatic carbocycles. The molecule has 2 unspecified atom stereocenters. The summed E-state index contributed by atoms with van der Waals surface area (Å²) in [6.07, 6.45) is 5.96. The molecule has 2 rings (SSSR count). The molecule has 1 saturated carbocycles. The number of nitro benzene ring substituents is 1. The van der Waals surface area contributed by atoms with E-state index < -0.39 is 4.92 Å². The zero-order valence-electron chi connectivity index (χ0n) is 11.1. The second-order valence-corrected chi connectivity index (χ2v) is 5.79. The highest BCUT2D eigenvalue weighted by molar-refractivity contribution is 6.32. The van der Waals surface area contributed by atoms with Crippen LogP contribution in [0.3, 0.4) is 0 Å². The van der Waals surface area contributed by atoms with Gasteiger partial charge in [0.2, 0.25) is 0 Å². The Bertz CT molecular complexity index is 465. The molecule has 1 aliphatic rings. The molecule has 0 saturated heterocycles. The Balaban J connectivity index is 2.06. The number of nitrogens with one attached hydrogen (secondary N) is 1. The second kappa shape index (κ2) is 6.24. The van der Waals surface area contributed by atoms with Crippen molar-refractivity contribution in [1.29, 1.82) is 0 Å². The van der Waals surface area contributed by atoms with Crippen LogP contribution in [0.15, 0.2) is 18.2 Å². The van der Waals surface area contributed by atoms with Gasteiger partial charge in [-0.15, -0.1) is 0 Å². The molecule has 1 fully saturated rings.